The molecule has 0 saturated heterocycles. The molecule has 1 amide bonds. The summed E-state index contributed by atoms with van der Waals surface area (Å²) in [6.45, 7) is 5.16. The number of carbonyl (C=O) groups excluding carboxylic acids is 1. The first-order valence-corrected chi connectivity index (χ1v) is 8.81. The Hall–Kier alpha value is -3.40. The molecular formula is C21H22FN5O. The number of halogens is 1. The summed E-state index contributed by atoms with van der Waals surface area (Å²) in [5.74, 6) is -0.682. The standard InChI is InChI=1S/C21H22FN5O/c1-20(2)18(28)27(4)19(24)26-21(20,3)15-11-14(9-10-16(15)22)25-17-8-6-5-7-13(17)12-23/h5-11,25H,1-4H3,(H2,24,26)/t21-/m1/s1. The minimum atomic E-state index is -1.20. The van der Waals surface area contributed by atoms with Crippen molar-refractivity contribution in [1.29, 1.82) is 5.26 Å². The highest BCUT2D eigenvalue weighted by Crippen LogP contribution is 2.47. The van der Waals surface area contributed by atoms with E-state index in [1.807, 2.05) is 0 Å². The van der Waals surface area contributed by atoms with Crippen molar-refractivity contribution in [2.24, 2.45) is 16.1 Å². The van der Waals surface area contributed by atoms with Crippen molar-refractivity contribution in [1.82, 2.24) is 4.90 Å². The number of carbonyl (C=O) groups is 1. The zero-order valence-electron chi connectivity index (χ0n) is 16.2. The number of hydrogen-bond acceptors (Lipinski definition) is 5. The van der Waals surface area contributed by atoms with Crippen molar-refractivity contribution >= 4 is 23.2 Å². The van der Waals surface area contributed by atoms with Gasteiger partial charge in [-0.3, -0.25) is 9.69 Å². The van der Waals surface area contributed by atoms with Crippen molar-refractivity contribution < 1.29 is 9.18 Å². The normalized spacial score (nSPS) is 21.1. The molecule has 3 rings (SSSR count). The third kappa shape index (κ3) is 2.87. The summed E-state index contributed by atoms with van der Waals surface area (Å²) in [5.41, 5.74) is 5.62. The van der Waals surface area contributed by atoms with Gasteiger partial charge >= 0.3 is 0 Å². The zero-order valence-corrected chi connectivity index (χ0v) is 16.2. The molecule has 6 nitrogen and oxygen atoms in total. The fraction of sp³-hybridized carbons (Fsp3) is 0.286. The lowest BCUT2D eigenvalue weighted by molar-refractivity contribution is -0.140. The van der Waals surface area contributed by atoms with Gasteiger partial charge in [-0.25, -0.2) is 9.38 Å². The van der Waals surface area contributed by atoms with Crippen LogP contribution in [0.1, 0.15) is 31.9 Å². The van der Waals surface area contributed by atoms with Gasteiger partial charge < -0.3 is 11.1 Å². The maximum absolute atomic E-state index is 14.9. The molecule has 1 heterocycles. The fourth-order valence-corrected chi connectivity index (χ4v) is 3.39. The van der Waals surface area contributed by atoms with Crippen LogP contribution in [0.2, 0.25) is 0 Å². The van der Waals surface area contributed by atoms with Crippen molar-refractivity contribution in [3.63, 3.8) is 0 Å². The summed E-state index contributed by atoms with van der Waals surface area (Å²) < 4.78 is 14.9. The monoisotopic (exact) mass is 379 g/mol. The average molecular weight is 379 g/mol. The molecule has 144 valence electrons. The quantitative estimate of drug-likeness (QED) is 0.854. The minimum Gasteiger partial charge on any atom is -0.369 e. The Morgan fingerprint density at radius 2 is 1.89 bits per heavy atom. The smallest absolute Gasteiger partial charge is 0.237 e. The molecule has 3 N–H and O–H groups in total. The van der Waals surface area contributed by atoms with E-state index in [9.17, 15) is 14.4 Å². The number of nitrogens with zero attached hydrogens (tertiary/aromatic N) is 3. The van der Waals surface area contributed by atoms with Crippen LogP contribution >= 0.6 is 0 Å². The molecular weight excluding hydrogens is 357 g/mol. The molecule has 0 bridgehead atoms. The first-order valence-electron chi connectivity index (χ1n) is 8.81. The van der Waals surface area contributed by atoms with E-state index in [2.05, 4.69) is 16.4 Å². The lowest BCUT2D eigenvalue weighted by Gasteiger charge is -2.46. The Balaban J connectivity index is 2.12. The number of hydrogen-bond donors (Lipinski definition) is 2. The molecule has 28 heavy (non-hydrogen) atoms. The predicted octanol–water partition coefficient (Wildman–Crippen LogP) is 3.47. The molecule has 2 aromatic carbocycles. The zero-order chi connectivity index (χ0) is 20.7. The molecule has 2 aromatic rings. The number of aliphatic imine (C=N–C) groups is 1. The second-order valence-electron chi connectivity index (χ2n) is 7.51. The fourth-order valence-electron chi connectivity index (χ4n) is 3.39. The third-order valence-corrected chi connectivity index (χ3v) is 5.56. The largest absolute Gasteiger partial charge is 0.369 e. The van der Waals surface area contributed by atoms with Crippen LogP contribution in [0.4, 0.5) is 15.8 Å². The van der Waals surface area contributed by atoms with Gasteiger partial charge in [-0.15, -0.1) is 0 Å². The van der Waals surface area contributed by atoms with Gasteiger partial charge in [-0.1, -0.05) is 12.1 Å². The summed E-state index contributed by atoms with van der Waals surface area (Å²) in [6.07, 6.45) is 0. The highest BCUT2D eigenvalue weighted by atomic mass is 19.1. The van der Waals surface area contributed by atoms with Crippen LogP contribution in [0, 0.1) is 22.6 Å². The van der Waals surface area contributed by atoms with Crippen LogP contribution < -0.4 is 11.1 Å². The SMILES string of the molecule is CN1C(=O)C(C)(C)[C@@](C)(c2cc(Nc3ccccc3C#N)ccc2F)N=C1N. The van der Waals surface area contributed by atoms with E-state index in [1.165, 1.54) is 11.0 Å². The molecule has 1 aliphatic heterocycles. The number of guanidine groups is 1. The Morgan fingerprint density at radius 3 is 2.57 bits per heavy atom. The van der Waals surface area contributed by atoms with Crippen molar-refractivity contribution in [3.05, 3.63) is 59.4 Å². The number of benzene rings is 2. The van der Waals surface area contributed by atoms with Crippen molar-refractivity contribution in [2.75, 3.05) is 12.4 Å². The molecule has 1 aliphatic rings. The Bertz CT molecular complexity index is 1020. The molecule has 0 spiro atoms. The maximum Gasteiger partial charge on any atom is 0.237 e. The van der Waals surface area contributed by atoms with E-state index < -0.39 is 16.8 Å². The van der Waals surface area contributed by atoms with Gasteiger partial charge in [0.05, 0.1) is 16.7 Å². The van der Waals surface area contributed by atoms with Crippen LogP contribution in [0.25, 0.3) is 0 Å². The summed E-state index contributed by atoms with van der Waals surface area (Å²) in [4.78, 5) is 18.6. The Kier molecular flexibility index (Phi) is 4.59. The van der Waals surface area contributed by atoms with Crippen LogP contribution in [0.5, 0.6) is 0 Å². The predicted molar refractivity (Wildman–Crippen MR) is 106 cm³/mol. The second kappa shape index (κ2) is 6.64. The molecule has 0 unspecified atom stereocenters. The number of para-hydroxylation sites is 1. The van der Waals surface area contributed by atoms with Crippen molar-refractivity contribution in [3.8, 4) is 6.07 Å². The number of rotatable bonds is 3. The first-order chi connectivity index (χ1) is 13.1. The average Bonchev–Trinajstić information content (AvgIpc) is 2.67. The molecule has 0 saturated carbocycles. The highest BCUT2D eigenvalue weighted by molar-refractivity contribution is 6.01. The Labute approximate surface area is 163 Å². The summed E-state index contributed by atoms with van der Waals surface area (Å²) >= 11 is 0. The van der Waals surface area contributed by atoms with E-state index in [1.54, 1.807) is 64.2 Å². The van der Waals surface area contributed by atoms with E-state index in [-0.39, 0.29) is 17.4 Å². The van der Waals surface area contributed by atoms with E-state index in [4.69, 9.17) is 5.73 Å². The number of nitriles is 1. The lowest BCUT2D eigenvalue weighted by atomic mass is 9.67. The van der Waals surface area contributed by atoms with Gasteiger partial charge in [-0.05, 0) is 51.1 Å². The molecule has 0 aliphatic carbocycles. The van der Waals surface area contributed by atoms with E-state index >= 15 is 0 Å². The molecule has 0 radical (unpaired) electrons. The Morgan fingerprint density at radius 1 is 1.21 bits per heavy atom. The third-order valence-electron chi connectivity index (χ3n) is 5.56. The van der Waals surface area contributed by atoms with Gasteiger partial charge in [0.15, 0.2) is 5.96 Å². The van der Waals surface area contributed by atoms with Gasteiger partial charge in [0.2, 0.25) is 5.91 Å². The van der Waals surface area contributed by atoms with E-state index in [0.717, 1.165) is 0 Å². The summed E-state index contributed by atoms with van der Waals surface area (Å²) in [6, 6.07) is 13.7. The topological polar surface area (TPSA) is 94.5 Å². The van der Waals surface area contributed by atoms with Gasteiger partial charge in [0, 0.05) is 18.3 Å². The lowest BCUT2D eigenvalue weighted by Crippen LogP contribution is -2.58. The summed E-state index contributed by atoms with van der Waals surface area (Å²) in [5, 5.41) is 12.4. The van der Waals surface area contributed by atoms with Gasteiger partial charge in [0.1, 0.15) is 17.4 Å². The van der Waals surface area contributed by atoms with Crippen LogP contribution in [0.3, 0.4) is 0 Å². The van der Waals surface area contributed by atoms with Crippen LogP contribution in [0.15, 0.2) is 47.5 Å². The maximum atomic E-state index is 14.9. The van der Waals surface area contributed by atoms with Gasteiger partial charge in [0.25, 0.3) is 0 Å². The number of nitrogens with one attached hydrogen (secondary N) is 1. The van der Waals surface area contributed by atoms with Gasteiger partial charge in [-0.2, -0.15) is 5.26 Å². The molecule has 0 aromatic heterocycles. The minimum absolute atomic E-state index is 0.0411. The number of amides is 1. The first kappa shape index (κ1) is 19.4. The number of anilines is 2. The van der Waals surface area contributed by atoms with Crippen LogP contribution in [-0.2, 0) is 10.3 Å². The molecule has 0 fully saturated rings. The highest BCUT2D eigenvalue weighted by Gasteiger charge is 2.53. The molecule has 7 heteroatoms. The number of nitrogens with two attached hydrogens (primary N) is 1. The van der Waals surface area contributed by atoms with Crippen LogP contribution in [-0.4, -0.2) is 23.8 Å². The summed E-state index contributed by atoms with van der Waals surface area (Å²) in [7, 11) is 1.55. The second-order valence-corrected chi connectivity index (χ2v) is 7.51. The molecule has 1 atom stereocenters. The van der Waals surface area contributed by atoms with Crippen molar-refractivity contribution in [2.45, 2.75) is 26.3 Å². The van der Waals surface area contributed by atoms with E-state index in [0.29, 0.717) is 16.9 Å².